The zero-order chi connectivity index (χ0) is 20.8. The fourth-order valence-corrected chi connectivity index (χ4v) is 4.12. The molecule has 0 saturated carbocycles. The summed E-state index contributed by atoms with van der Waals surface area (Å²) in [5.74, 6) is -1.55. The van der Waals surface area contributed by atoms with Gasteiger partial charge in [-0.2, -0.15) is 13.2 Å². The van der Waals surface area contributed by atoms with Gasteiger partial charge < -0.3 is 4.55 Å². The number of rotatable bonds is 0. The van der Waals surface area contributed by atoms with E-state index in [0.29, 0.717) is 0 Å². The molecule has 0 radical (unpaired) electrons. The third-order valence-corrected chi connectivity index (χ3v) is 5.79. The molecular formula is C14H6F8O3S2. The first-order valence-corrected chi connectivity index (χ1v) is 9.19. The number of halogens is 8. The number of hydrogen-bond acceptors (Lipinski definition) is 3. The molecule has 0 spiro atoms. The summed E-state index contributed by atoms with van der Waals surface area (Å²) >= 11 is 0. The molecule has 3 rings (SSSR count). The second kappa shape index (κ2) is 6.87. The van der Waals surface area contributed by atoms with Gasteiger partial charge in [-0.1, -0.05) is 6.07 Å². The van der Waals surface area contributed by atoms with Crippen molar-refractivity contribution >= 4 is 40.8 Å². The maximum atomic E-state index is 13.7. The Hall–Kier alpha value is -1.99. The van der Waals surface area contributed by atoms with Crippen molar-refractivity contribution in [2.24, 2.45) is 0 Å². The Morgan fingerprint density at radius 3 is 1.93 bits per heavy atom. The second-order valence-electron chi connectivity index (χ2n) is 4.91. The molecule has 0 amide bonds. The van der Waals surface area contributed by atoms with Gasteiger partial charge in [0.15, 0.2) is 20.6 Å². The number of fused-ring (bicyclic) bond motifs is 3. The van der Waals surface area contributed by atoms with Crippen molar-refractivity contribution in [1.82, 2.24) is 0 Å². The number of thiophene rings is 1. The lowest BCUT2D eigenvalue weighted by atomic mass is 10.1. The summed E-state index contributed by atoms with van der Waals surface area (Å²) in [6, 6.07) is 6.77. The molecular weight excluding hydrogens is 432 g/mol. The van der Waals surface area contributed by atoms with Gasteiger partial charge in [-0.15, -0.1) is 13.2 Å². The highest BCUT2D eigenvalue weighted by atomic mass is 32.2. The Morgan fingerprint density at radius 2 is 1.44 bits per heavy atom. The molecule has 2 aromatic carbocycles. The molecule has 148 valence electrons. The molecule has 1 unspecified atom stereocenters. The van der Waals surface area contributed by atoms with Crippen LogP contribution in [0, 0.1) is 11.6 Å². The van der Waals surface area contributed by atoms with Crippen LogP contribution in [0.25, 0.3) is 20.2 Å². The van der Waals surface area contributed by atoms with E-state index in [1.165, 1.54) is 12.1 Å². The first-order valence-electron chi connectivity index (χ1n) is 6.56. The van der Waals surface area contributed by atoms with Gasteiger partial charge in [0, 0.05) is 6.07 Å². The molecule has 0 aliphatic rings. The van der Waals surface area contributed by atoms with Gasteiger partial charge in [-0.3, -0.25) is 0 Å². The van der Waals surface area contributed by atoms with E-state index < -0.39 is 47.9 Å². The van der Waals surface area contributed by atoms with E-state index in [1.807, 2.05) is 0 Å². The summed E-state index contributed by atoms with van der Waals surface area (Å²) in [6.07, 6.45) is 0. The fourth-order valence-electron chi connectivity index (χ4n) is 2.17. The zero-order valence-electron chi connectivity index (χ0n) is 12.5. The average Bonchev–Trinajstić information content (AvgIpc) is 2.81. The summed E-state index contributed by atoms with van der Waals surface area (Å²) in [6.45, 7) is 0. The van der Waals surface area contributed by atoms with Crippen molar-refractivity contribution in [3.63, 3.8) is 0 Å². The summed E-state index contributed by atoms with van der Waals surface area (Å²) in [5.41, 5.74) is -10.2. The molecule has 0 fully saturated rings. The van der Waals surface area contributed by atoms with E-state index >= 15 is 0 Å². The van der Waals surface area contributed by atoms with Crippen LogP contribution in [-0.4, -0.2) is 18.5 Å². The highest BCUT2D eigenvalue weighted by molar-refractivity contribution is 7.86. The van der Waals surface area contributed by atoms with E-state index in [0.717, 1.165) is 24.3 Å². The molecule has 3 aromatic rings. The van der Waals surface area contributed by atoms with Gasteiger partial charge in [-0.25, -0.2) is 17.2 Å². The SMILES string of the molecule is Fc1ccc2c(c1)c1cccc(F)c1[s+]2C(F)(F)F.O=S(=O)([O-])C(F)(F)F. The lowest BCUT2D eigenvalue weighted by Gasteiger charge is -2.08. The molecule has 1 atom stereocenters. The highest BCUT2D eigenvalue weighted by Gasteiger charge is 2.48. The van der Waals surface area contributed by atoms with Crippen LogP contribution >= 0.6 is 10.5 Å². The van der Waals surface area contributed by atoms with Gasteiger partial charge in [0.2, 0.25) is 4.70 Å². The van der Waals surface area contributed by atoms with Gasteiger partial charge >= 0.3 is 11.0 Å². The molecule has 0 bridgehead atoms. The average molecular weight is 438 g/mol. The van der Waals surface area contributed by atoms with Gasteiger partial charge in [0.05, 0.1) is 10.8 Å². The Balaban J connectivity index is 0.000000279. The molecule has 13 heteroatoms. The van der Waals surface area contributed by atoms with E-state index in [4.69, 9.17) is 13.0 Å². The van der Waals surface area contributed by atoms with Crippen molar-refractivity contribution in [3.8, 4) is 0 Å². The minimum atomic E-state index is -6.09. The van der Waals surface area contributed by atoms with Crippen LogP contribution in [0.5, 0.6) is 0 Å². The van der Waals surface area contributed by atoms with Crippen LogP contribution in [0.4, 0.5) is 35.1 Å². The smallest absolute Gasteiger partial charge is 0.601 e. The zero-order valence-corrected chi connectivity index (χ0v) is 14.2. The first-order chi connectivity index (χ1) is 12.1. The molecule has 27 heavy (non-hydrogen) atoms. The molecule has 0 aliphatic heterocycles. The minimum Gasteiger partial charge on any atom is -0.741 e. The number of benzene rings is 2. The molecule has 1 aromatic heterocycles. The standard InChI is InChI=1S/C13H6F5S.CHF3O3S/c14-7-4-5-11-9(6-7)8-2-1-3-10(15)12(8)19(11)13(16,17)18;2-1(3,4)8(5,6)7/h1-6H;(H,5,6,7)/q+1;/p-1. The van der Waals surface area contributed by atoms with Crippen molar-refractivity contribution < 1.29 is 48.1 Å². The van der Waals surface area contributed by atoms with Crippen LogP contribution in [0.2, 0.25) is 0 Å². The predicted octanol–water partition coefficient (Wildman–Crippen LogP) is 5.55. The number of alkyl halides is 6. The topological polar surface area (TPSA) is 57.2 Å². The van der Waals surface area contributed by atoms with E-state index in [1.54, 1.807) is 0 Å². The highest BCUT2D eigenvalue weighted by Crippen LogP contribution is 2.54. The van der Waals surface area contributed by atoms with Gasteiger partial charge in [-0.05, 0) is 24.3 Å². The van der Waals surface area contributed by atoms with E-state index in [2.05, 4.69) is 0 Å². The largest absolute Gasteiger partial charge is 0.741 e. The van der Waals surface area contributed by atoms with Crippen molar-refractivity contribution in [2.75, 3.05) is 0 Å². The second-order valence-corrected chi connectivity index (χ2v) is 8.20. The summed E-state index contributed by atoms with van der Waals surface area (Å²) in [7, 11) is -8.45. The Labute approximate surface area is 148 Å². The lowest BCUT2D eigenvalue weighted by Crippen LogP contribution is -2.21. The Bertz CT molecular complexity index is 1100. The maximum absolute atomic E-state index is 13.7. The normalized spacial score (nSPS) is 13.6. The molecule has 0 saturated heterocycles. The summed E-state index contributed by atoms with van der Waals surface area (Å²) in [5, 5.41) is 0.241. The Kier molecular flexibility index (Phi) is 5.42. The van der Waals surface area contributed by atoms with Crippen LogP contribution in [0.1, 0.15) is 0 Å². The number of hydrogen-bond donors (Lipinski definition) is 0. The van der Waals surface area contributed by atoms with Crippen molar-refractivity contribution in [3.05, 3.63) is 48.0 Å². The summed E-state index contributed by atoms with van der Waals surface area (Å²) in [4.78, 5) is 0. The van der Waals surface area contributed by atoms with Crippen LogP contribution in [0.15, 0.2) is 36.4 Å². The summed E-state index contributed by atoms with van der Waals surface area (Å²) < 4.78 is 125. The van der Waals surface area contributed by atoms with Crippen LogP contribution < -0.4 is 0 Å². The fraction of sp³-hybridized carbons (Fsp3) is 0.143. The quantitative estimate of drug-likeness (QED) is 0.200. The van der Waals surface area contributed by atoms with Crippen molar-refractivity contribution in [2.45, 2.75) is 11.0 Å². The van der Waals surface area contributed by atoms with E-state index in [-0.39, 0.29) is 15.5 Å². The third kappa shape index (κ3) is 4.30. The monoisotopic (exact) mass is 438 g/mol. The molecule has 0 N–H and O–H groups in total. The molecule has 1 heterocycles. The van der Waals surface area contributed by atoms with Crippen molar-refractivity contribution in [1.29, 1.82) is 0 Å². The van der Waals surface area contributed by atoms with Crippen LogP contribution in [-0.2, 0) is 15.6 Å². The maximum Gasteiger partial charge on any atom is 0.601 e. The van der Waals surface area contributed by atoms with Crippen LogP contribution in [0.3, 0.4) is 0 Å². The predicted molar refractivity (Wildman–Crippen MR) is 80.9 cm³/mol. The third-order valence-electron chi connectivity index (χ3n) is 3.14. The van der Waals surface area contributed by atoms with Gasteiger partial charge in [0.1, 0.15) is 16.3 Å². The van der Waals surface area contributed by atoms with E-state index in [9.17, 15) is 35.1 Å². The minimum absolute atomic E-state index is 0.0750. The first kappa shape index (κ1) is 21.3. The van der Waals surface area contributed by atoms with Gasteiger partial charge in [0.25, 0.3) is 0 Å². The Morgan fingerprint density at radius 1 is 0.889 bits per heavy atom. The lowest BCUT2D eigenvalue weighted by molar-refractivity contribution is -0.0863. The molecule has 3 nitrogen and oxygen atoms in total. The molecule has 0 aliphatic carbocycles.